The van der Waals surface area contributed by atoms with Gasteiger partial charge in [-0.3, -0.25) is 4.79 Å². The Bertz CT molecular complexity index is 643. The number of ether oxygens (including phenoxy) is 1. The molecule has 0 atom stereocenters. The molecule has 2 rings (SSSR count). The van der Waals surface area contributed by atoms with Gasteiger partial charge in [-0.05, 0) is 52.9 Å². The first-order valence-electron chi connectivity index (χ1n) is 5.36. The summed E-state index contributed by atoms with van der Waals surface area (Å²) < 4.78 is 20.4. The Balaban J connectivity index is 2.47. The highest BCUT2D eigenvalue weighted by Crippen LogP contribution is 2.25. The molecule has 0 saturated heterocycles. The third-order valence-corrected chi connectivity index (χ3v) is 3.96. The van der Waals surface area contributed by atoms with Gasteiger partial charge in [-0.15, -0.1) is 0 Å². The summed E-state index contributed by atoms with van der Waals surface area (Å²) in [6.45, 7) is 0. The van der Waals surface area contributed by atoms with Crippen LogP contribution in [-0.4, -0.2) is 12.9 Å². The Morgan fingerprint density at radius 3 is 2.58 bits per heavy atom. The van der Waals surface area contributed by atoms with Crippen molar-refractivity contribution < 1.29 is 13.9 Å². The topological polar surface area (TPSA) is 26.3 Å². The van der Waals surface area contributed by atoms with Crippen LogP contribution in [0.25, 0.3) is 0 Å². The summed E-state index contributed by atoms with van der Waals surface area (Å²) in [4.78, 5) is 12.3. The molecule has 98 valence electrons. The molecule has 0 bridgehead atoms. The Hall–Kier alpha value is -0.950. The van der Waals surface area contributed by atoms with Crippen molar-refractivity contribution in [2.24, 2.45) is 0 Å². The Morgan fingerprint density at radius 2 is 1.95 bits per heavy atom. The lowest BCUT2D eigenvalue weighted by molar-refractivity contribution is 0.103. The normalized spacial score (nSPS) is 10.3. The molecular weight excluding hydrogens is 426 g/mol. The molecule has 0 saturated carbocycles. The SMILES string of the molecule is COc1ccc(C(=O)c2cc(I)ccc2Br)c(F)c1. The van der Waals surface area contributed by atoms with E-state index in [9.17, 15) is 9.18 Å². The lowest BCUT2D eigenvalue weighted by atomic mass is 10.0. The van der Waals surface area contributed by atoms with Crippen molar-refractivity contribution in [3.8, 4) is 5.75 Å². The maximum Gasteiger partial charge on any atom is 0.197 e. The highest BCUT2D eigenvalue weighted by atomic mass is 127. The van der Waals surface area contributed by atoms with Gasteiger partial charge in [0.05, 0.1) is 12.7 Å². The van der Waals surface area contributed by atoms with Gasteiger partial charge in [0.15, 0.2) is 5.78 Å². The standard InChI is InChI=1S/C14H9BrFIO2/c1-19-9-3-4-10(13(16)7-9)14(18)11-6-8(17)2-5-12(11)15/h2-7H,1H3. The molecule has 0 aromatic heterocycles. The fourth-order valence-electron chi connectivity index (χ4n) is 1.62. The van der Waals surface area contributed by atoms with Crippen LogP contribution in [0.15, 0.2) is 40.9 Å². The van der Waals surface area contributed by atoms with E-state index >= 15 is 0 Å². The van der Waals surface area contributed by atoms with Crippen LogP contribution in [0.4, 0.5) is 4.39 Å². The number of carbonyl (C=O) groups is 1. The number of halogens is 3. The van der Waals surface area contributed by atoms with Crippen molar-refractivity contribution in [2.75, 3.05) is 7.11 Å². The molecule has 0 radical (unpaired) electrons. The van der Waals surface area contributed by atoms with Gasteiger partial charge in [0, 0.05) is 19.7 Å². The van der Waals surface area contributed by atoms with E-state index < -0.39 is 5.82 Å². The van der Waals surface area contributed by atoms with Crippen LogP contribution in [0.2, 0.25) is 0 Å². The van der Waals surface area contributed by atoms with Gasteiger partial charge in [-0.2, -0.15) is 0 Å². The Labute approximate surface area is 132 Å². The second-order valence-electron chi connectivity index (χ2n) is 3.80. The van der Waals surface area contributed by atoms with Gasteiger partial charge in [-0.25, -0.2) is 4.39 Å². The Morgan fingerprint density at radius 1 is 1.21 bits per heavy atom. The van der Waals surface area contributed by atoms with Gasteiger partial charge in [0.25, 0.3) is 0 Å². The molecule has 0 aliphatic heterocycles. The van der Waals surface area contributed by atoms with Crippen molar-refractivity contribution in [1.82, 2.24) is 0 Å². The van der Waals surface area contributed by atoms with E-state index in [2.05, 4.69) is 38.5 Å². The zero-order valence-corrected chi connectivity index (χ0v) is 13.7. The summed E-state index contributed by atoms with van der Waals surface area (Å²) in [5, 5.41) is 0. The third kappa shape index (κ3) is 3.14. The maximum absolute atomic E-state index is 13.9. The highest BCUT2D eigenvalue weighted by Gasteiger charge is 2.17. The molecule has 0 aliphatic carbocycles. The van der Waals surface area contributed by atoms with Crippen LogP contribution >= 0.6 is 38.5 Å². The third-order valence-electron chi connectivity index (χ3n) is 2.59. The van der Waals surface area contributed by atoms with Crippen molar-refractivity contribution in [1.29, 1.82) is 0 Å². The average molecular weight is 435 g/mol. The summed E-state index contributed by atoms with van der Waals surface area (Å²) in [7, 11) is 1.45. The molecule has 2 aromatic rings. The lowest BCUT2D eigenvalue weighted by Crippen LogP contribution is -2.06. The predicted octanol–water partition coefficient (Wildman–Crippen LogP) is 4.43. The summed E-state index contributed by atoms with van der Waals surface area (Å²) in [5.41, 5.74) is 0.472. The number of rotatable bonds is 3. The summed E-state index contributed by atoms with van der Waals surface area (Å²) in [6, 6.07) is 9.56. The van der Waals surface area contributed by atoms with Gasteiger partial charge in [0.1, 0.15) is 11.6 Å². The molecule has 0 N–H and O–H groups in total. The van der Waals surface area contributed by atoms with Gasteiger partial charge < -0.3 is 4.74 Å². The number of hydrogen-bond acceptors (Lipinski definition) is 2. The van der Waals surface area contributed by atoms with Crippen LogP contribution in [-0.2, 0) is 0 Å². The quantitative estimate of drug-likeness (QED) is 0.527. The zero-order valence-electron chi connectivity index (χ0n) is 9.91. The van der Waals surface area contributed by atoms with Gasteiger partial charge in [0.2, 0.25) is 0 Å². The van der Waals surface area contributed by atoms with E-state index in [1.807, 2.05) is 6.07 Å². The van der Waals surface area contributed by atoms with E-state index in [1.165, 1.54) is 19.2 Å². The molecule has 0 unspecified atom stereocenters. The molecular formula is C14H9BrFIO2. The smallest absolute Gasteiger partial charge is 0.197 e. The second kappa shape index (κ2) is 6.00. The molecule has 19 heavy (non-hydrogen) atoms. The monoisotopic (exact) mass is 434 g/mol. The lowest BCUT2D eigenvalue weighted by Gasteiger charge is -2.07. The minimum absolute atomic E-state index is 0.0310. The fourth-order valence-corrected chi connectivity index (χ4v) is 2.54. The number of benzene rings is 2. The zero-order chi connectivity index (χ0) is 14.0. The van der Waals surface area contributed by atoms with E-state index in [-0.39, 0.29) is 11.3 Å². The number of methoxy groups -OCH3 is 1. The number of carbonyl (C=O) groups excluding carboxylic acids is 1. The molecule has 2 nitrogen and oxygen atoms in total. The summed E-state index contributed by atoms with van der Waals surface area (Å²) >= 11 is 5.42. The molecule has 0 heterocycles. The summed E-state index contributed by atoms with van der Waals surface area (Å²) in [5.74, 6) is -0.559. The first kappa shape index (κ1) is 14.5. The second-order valence-corrected chi connectivity index (χ2v) is 5.90. The average Bonchev–Trinajstić information content (AvgIpc) is 2.40. The maximum atomic E-state index is 13.9. The van der Waals surface area contributed by atoms with E-state index in [0.29, 0.717) is 15.8 Å². The van der Waals surface area contributed by atoms with E-state index in [0.717, 1.165) is 3.57 Å². The molecule has 0 amide bonds. The van der Waals surface area contributed by atoms with Crippen molar-refractivity contribution in [2.45, 2.75) is 0 Å². The van der Waals surface area contributed by atoms with Crippen LogP contribution in [0, 0.1) is 9.39 Å². The molecule has 0 fully saturated rings. The van der Waals surface area contributed by atoms with Crippen molar-refractivity contribution >= 4 is 44.3 Å². The molecule has 5 heteroatoms. The number of ketones is 1. The Kier molecular flexibility index (Phi) is 4.57. The van der Waals surface area contributed by atoms with E-state index in [4.69, 9.17) is 4.74 Å². The summed E-state index contributed by atoms with van der Waals surface area (Å²) in [6.07, 6.45) is 0. The molecule has 2 aromatic carbocycles. The molecule has 0 aliphatic rings. The minimum atomic E-state index is -0.588. The van der Waals surface area contributed by atoms with Crippen LogP contribution in [0.5, 0.6) is 5.75 Å². The van der Waals surface area contributed by atoms with Crippen LogP contribution in [0.3, 0.4) is 0 Å². The van der Waals surface area contributed by atoms with Crippen LogP contribution < -0.4 is 4.74 Å². The molecule has 0 spiro atoms. The fraction of sp³-hybridized carbons (Fsp3) is 0.0714. The van der Waals surface area contributed by atoms with Gasteiger partial charge in [-0.1, -0.05) is 15.9 Å². The number of hydrogen-bond donors (Lipinski definition) is 0. The van der Waals surface area contributed by atoms with E-state index in [1.54, 1.807) is 18.2 Å². The minimum Gasteiger partial charge on any atom is -0.497 e. The highest BCUT2D eigenvalue weighted by molar-refractivity contribution is 14.1. The first-order valence-corrected chi connectivity index (χ1v) is 7.23. The first-order chi connectivity index (χ1) is 9.02. The van der Waals surface area contributed by atoms with Crippen molar-refractivity contribution in [3.63, 3.8) is 0 Å². The van der Waals surface area contributed by atoms with Crippen LogP contribution in [0.1, 0.15) is 15.9 Å². The largest absolute Gasteiger partial charge is 0.497 e. The predicted molar refractivity (Wildman–Crippen MR) is 83.2 cm³/mol. The van der Waals surface area contributed by atoms with Gasteiger partial charge >= 0.3 is 0 Å². The van der Waals surface area contributed by atoms with Crippen molar-refractivity contribution in [3.05, 3.63) is 61.4 Å².